The minimum Gasteiger partial charge on any atom is -0.481 e. The Morgan fingerprint density at radius 1 is 1.53 bits per heavy atom. The summed E-state index contributed by atoms with van der Waals surface area (Å²) in [6, 6.07) is -0.774. The zero-order valence-electron chi connectivity index (χ0n) is 16.0. The molecule has 3 rings (SSSR count). The molecule has 0 spiro atoms. The lowest BCUT2D eigenvalue weighted by molar-refractivity contribution is -0.157. The Morgan fingerprint density at radius 3 is 2.87 bits per heavy atom. The smallest absolute Gasteiger partial charge is 0.312 e. The van der Waals surface area contributed by atoms with Gasteiger partial charge in [0.2, 0.25) is 5.91 Å². The summed E-state index contributed by atoms with van der Waals surface area (Å²) in [6.07, 6.45) is 0.562. The fraction of sp³-hybridized carbons (Fsp3) is 0.600. The fourth-order valence-electron chi connectivity index (χ4n) is 2.90. The van der Waals surface area contributed by atoms with Crippen LogP contribution in [0.1, 0.15) is 13.3 Å². The Kier molecular flexibility index (Phi) is 7.26. The van der Waals surface area contributed by atoms with Gasteiger partial charge in [-0.2, -0.15) is 4.83 Å². The molecule has 15 heteroatoms. The molecule has 0 radical (unpaired) electrons. The number of fused-ring (bicyclic) bond motifs is 1. The molecule has 3 aliphatic heterocycles. The number of carboxylic acids is 1. The average molecular weight is 571 g/mol. The van der Waals surface area contributed by atoms with E-state index in [1.807, 2.05) is 22.6 Å². The van der Waals surface area contributed by atoms with E-state index in [0.29, 0.717) is 27.5 Å². The van der Waals surface area contributed by atoms with Gasteiger partial charge in [0.15, 0.2) is 0 Å². The third-order valence-corrected chi connectivity index (χ3v) is 8.48. The Labute approximate surface area is 194 Å². The lowest BCUT2D eigenvalue weighted by atomic mass is 9.89. The summed E-state index contributed by atoms with van der Waals surface area (Å²) < 4.78 is 0.541. The molecular weight excluding hydrogens is 549 g/mol. The number of nitrogens with zero attached hydrogens (tertiary/aromatic N) is 3. The van der Waals surface area contributed by atoms with Crippen LogP contribution in [0.4, 0.5) is 0 Å². The van der Waals surface area contributed by atoms with Gasteiger partial charge in [-0.1, -0.05) is 5.16 Å². The maximum Gasteiger partial charge on any atom is 0.312 e. The Morgan fingerprint density at radius 2 is 2.27 bits per heavy atom. The normalized spacial score (nSPS) is 28.9. The third kappa shape index (κ3) is 4.44. The maximum absolute atomic E-state index is 12.9. The largest absolute Gasteiger partial charge is 0.481 e. The van der Waals surface area contributed by atoms with Gasteiger partial charge in [0.05, 0.1) is 5.41 Å². The molecule has 166 valence electrons. The minimum atomic E-state index is -1.01. The van der Waals surface area contributed by atoms with Gasteiger partial charge in [-0.15, -0.1) is 11.8 Å². The Bertz CT molecular complexity index is 812. The number of nitrogens with one attached hydrogen (secondary N) is 2. The van der Waals surface area contributed by atoms with Crippen LogP contribution in [-0.4, -0.2) is 75.5 Å². The van der Waals surface area contributed by atoms with E-state index in [1.54, 1.807) is 6.92 Å². The van der Waals surface area contributed by atoms with Crippen molar-refractivity contribution in [2.75, 3.05) is 25.4 Å². The fourth-order valence-corrected chi connectivity index (χ4v) is 5.77. The van der Waals surface area contributed by atoms with E-state index in [4.69, 9.17) is 16.3 Å². The summed E-state index contributed by atoms with van der Waals surface area (Å²) in [6.45, 7) is 2.36. The SMILES string of the molecule is CC1(C(=O)O)CS[C@@H]2C(NC(=O)C(=NOCCCN)N3NSC(N)=C3I)C(=O)N2C1. The van der Waals surface area contributed by atoms with Crippen LogP contribution in [-0.2, 0) is 19.2 Å². The van der Waals surface area contributed by atoms with Crippen molar-refractivity contribution in [1.82, 2.24) is 20.1 Å². The van der Waals surface area contributed by atoms with Crippen molar-refractivity contribution in [2.24, 2.45) is 22.0 Å². The summed E-state index contributed by atoms with van der Waals surface area (Å²) >= 11 is 4.41. The number of aliphatic carboxylic acids is 1. The van der Waals surface area contributed by atoms with Crippen molar-refractivity contribution in [3.8, 4) is 0 Å². The second-order valence-corrected chi connectivity index (χ2v) is 10.0. The molecule has 0 bridgehead atoms. The molecule has 0 saturated carbocycles. The van der Waals surface area contributed by atoms with E-state index in [1.165, 1.54) is 21.7 Å². The first-order chi connectivity index (χ1) is 14.2. The van der Waals surface area contributed by atoms with E-state index in [0.717, 1.165) is 11.9 Å². The molecule has 0 aromatic rings. The number of amidine groups is 1. The highest BCUT2D eigenvalue weighted by molar-refractivity contribution is 14.1. The van der Waals surface area contributed by atoms with Gasteiger partial charge in [0.1, 0.15) is 26.8 Å². The predicted molar refractivity (Wildman–Crippen MR) is 120 cm³/mol. The molecule has 2 unspecified atom stereocenters. The molecule has 0 aliphatic carbocycles. The molecule has 2 fully saturated rings. The monoisotopic (exact) mass is 571 g/mol. The first-order valence-corrected chi connectivity index (χ1v) is 11.9. The Hall–Kier alpha value is -1.43. The van der Waals surface area contributed by atoms with Crippen molar-refractivity contribution < 1.29 is 24.3 Å². The number of carbonyl (C=O) groups excluding carboxylic acids is 2. The van der Waals surface area contributed by atoms with Crippen molar-refractivity contribution in [3.05, 3.63) is 8.73 Å². The van der Waals surface area contributed by atoms with Crippen molar-refractivity contribution >= 4 is 69.9 Å². The highest BCUT2D eigenvalue weighted by atomic mass is 127. The summed E-state index contributed by atoms with van der Waals surface area (Å²) in [5.74, 6) is -1.66. The van der Waals surface area contributed by atoms with Gasteiger partial charge in [0.25, 0.3) is 11.7 Å². The zero-order chi connectivity index (χ0) is 22.1. The van der Waals surface area contributed by atoms with E-state index in [9.17, 15) is 19.5 Å². The number of β-lactam (4-membered cyclic amide) rings is 1. The van der Waals surface area contributed by atoms with Crippen LogP contribution in [0.3, 0.4) is 0 Å². The van der Waals surface area contributed by atoms with Gasteiger partial charge >= 0.3 is 5.97 Å². The van der Waals surface area contributed by atoms with E-state index in [2.05, 4.69) is 15.3 Å². The molecular formula is C15H22IN7O5S2. The lowest BCUT2D eigenvalue weighted by Gasteiger charge is -2.53. The first kappa shape index (κ1) is 23.2. The van der Waals surface area contributed by atoms with Crippen molar-refractivity contribution in [2.45, 2.75) is 24.8 Å². The number of rotatable bonds is 6. The van der Waals surface area contributed by atoms with Gasteiger partial charge < -0.3 is 31.6 Å². The molecule has 0 aromatic carbocycles. The summed E-state index contributed by atoms with van der Waals surface area (Å²) in [5.41, 5.74) is 10.3. The number of thioether (sulfide) groups is 1. The number of amides is 2. The summed E-state index contributed by atoms with van der Waals surface area (Å²) in [4.78, 5) is 46.5. The molecule has 30 heavy (non-hydrogen) atoms. The quantitative estimate of drug-likeness (QED) is 0.0392. The predicted octanol–water partition coefficient (Wildman–Crippen LogP) is -0.855. The minimum absolute atomic E-state index is 0.105. The van der Waals surface area contributed by atoms with Gasteiger partial charge in [-0.25, -0.2) is 5.01 Å². The Balaban J connectivity index is 1.69. The zero-order valence-corrected chi connectivity index (χ0v) is 19.8. The highest BCUT2D eigenvalue weighted by Crippen LogP contribution is 2.42. The van der Waals surface area contributed by atoms with Crippen LogP contribution in [0.25, 0.3) is 0 Å². The number of oxime groups is 1. The molecule has 3 aliphatic rings. The van der Waals surface area contributed by atoms with E-state index < -0.39 is 23.3 Å². The van der Waals surface area contributed by atoms with Crippen LogP contribution < -0.4 is 21.6 Å². The number of nitrogens with two attached hydrogens (primary N) is 2. The lowest BCUT2D eigenvalue weighted by Crippen LogP contribution is -2.74. The second-order valence-electron chi connectivity index (χ2n) is 7.06. The van der Waals surface area contributed by atoms with Crippen molar-refractivity contribution in [3.63, 3.8) is 0 Å². The number of carboxylic acid groups (broad SMARTS) is 1. The van der Waals surface area contributed by atoms with Crippen LogP contribution in [0, 0.1) is 5.41 Å². The summed E-state index contributed by atoms with van der Waals surface area (Å²) in [5, 5.41) is 17.5. The second kappa shape index (κ2) is 9.37. The number of carbonyl (C=O) groups is 3. The van der Waals surface area contributed by atoms with Crippen LogP contribution in [0.5, 0.6) is 0 Å². The van der Waals surface area contributed by atoms with E-state index in [-0.39, 0.29) is 30.3 Å². The molecule has 2 amide bonds. The molecule has 3 atom stereocenters. The van der Waals surface area contributed by atoms with Crippen LogP contribution in [0.15, 0.2) is 13.9 Å². The highest BCUT2D eigenvalue weighted by Gasteiger charge is 2.56. The number of halogens is 1. The van der Waals surface area contributed by atoms with Crippen LogP contribution in [0.2, 0.25) is 0 Å². The molecule has 0 aromatic heterocycles. The third-order valence-electron chi connectivity index (χ3n) is 4.69. The van der Waals surface area contributed by atoms with Crippen LogP contribution >= 0.6 is 46.3 Å². The molecule has 2 saturated heterocycles. The number of hydrazine groups is 1. The summed E-state index contributed by atoms with van der Waals surface area (Å²) in [7, 11) is 0. The van der Waals surface area contributed by atoms with Gasteiger partial charge in [-0.3, -0.25) is 14.4 Å². The molecule has 7 N–H and O–H groups in total. The van der Waals surface area contributed by atoms with E-state index >= 15 is 0 Å². The van der Waals surface area contributed by atoms with Gasteiger partial charge in [-0.05, 0) is 54.4 Å². The van der Waals surface area contributed by atoms with Crippen molar-refractivity contribution in [1.29, 1.82) is 0 Å². The number of hydrogen-bond acceptors (Lipinski definition) is 10. The number of hydrogen-bond donors (Lipinski definition) is 5. The first-order valence-electron chi connectivity index (χ1n) is 8.94. The standard InChI is InChI=1S/C15H22IN7O5S2/c1-15(14(26)27)5-22-12(25)7(13(22)29-6-15)19-11(24)10(20-28-4-2-3-17)23-8(16)9(18)30-21-23/h7,13,21H,2-6,17-18H2,1H3,(H,19,24)(H,26,27)/t7?,13-,15?/m1/s1. The topological polar surface area (TPSA) is 176 Å². The molecule has 12 nitrogen and oxygen atoms in total. The molecule has 3 heterocycles. The van der Waals surface area contributed by atoms with Gasteiger partial charge in [0, 0.05) is 12.3 Å². The maximum atomic E-state index is 12.9. The average Bonchev–Trinajstić information content (AvgIpc) is 3.04.